The van der Waals surface area contributed by atoms with Gasteiger partial charge in [-0.3, -0.25) is 0 Å². The fourth-order valence-electron chi connectivity index (χ4n) is 2.44. The molecule has 0 amide bonds. The van der Waals surface area contributed by atoms with Gasteiger partial charge in [0.05, 0.1) is 18.8 Å². The minimum atomic E-state index is -0.380. The van der Waals surface area contributed by atoms with Crippen LogP contribution in [0.2, 0.25) is 5.02 Å². The number of carbonyl (C=O) groups is 1. The first-order valence-electron chi connectivity index (χ1n) is 6.90. The molecule has 1 aliphatic rings. The molecule has 0 aliphatic carbocycles. The summed E-state index contributed by atoms with van der Waals surface area (Å²) in [5, 5.41) is 3.94. The van der Waals surface area contributed by atoms with Crippen molar-refractivity contribution in [2.45, 2.75) is 38.3 Å². The lowest BCUT2D eigenvalue weighted by atomic mass is 10.0. The summed E-state index contributed by atoms with van der Waals surface area (Å²) in [6.07, 6.45) is 3.16. The Morgan fingerprint density at radius 2 is 2.35 bits per heavy atom. The molecule has 2 rings (SSSR count). The highest BCUT2D eigenvalue weighted by Crippen LogP contribution is 2.25. The van der Waals surface area contributed by atoms with Crippen molar-refractivity contribution < 1.29 is 14.3 Å². The quantitative estimate of drug-likeness (QED) is 0.864. The summed E-state index contributed by atoms with van der Waals surface area (Å²) in [4.78, 5) is 11.8. The lowest BCUT2D eigenvalue weighted by Gasteiger charge is -2.30. The van der Waals surface area contributed by atoms with Crippen molar-refractivity contribution in [3.05, 3.63) is 28.8 Å². The molecule has 2 unspecified atom stereocenters. The summed E-state index contributed by atoms with van der Waals surface area (Å²) in [7, 11) is 1.37. The van der Waals surface area contributed by atoms with Crippen LogP contribution >= 0.6 is 11.6 Å². The Labute approximate surface area is 124 Å². The molecule has 0 radical (unpaired) electrons. The van der Waals surface area contributed by atoms with Gasteiger partial charge >= 0.3 is 5.97 Å². The van der Waals surface area contributed by atoms with Gasteiger partial charge in [0, 0.05) is 23.4 Å². The van der Waals surface area contributed by atoms with Crippen LogP contribution in [0.3, 0.4) is 0 Å². The molecule has 110 valence electrons. The molecule has 1 aromatic rings. The molecule has 1 aromatic carbocycles. The predicted octanol–water partition coefficient (Wildman–Crippen LogP) is 3.50. The standard InChI is InChI=1S/C15H20ClNO3/c1-3-12-9-11(6-7-20-12)17-14-5-4-10(16)8-13(14)15(18)19-2/h4-5,8,11-12,17H,3,6-7,9H2,1-2H3. The lowest BCUT2D eigenvalue weighted by molar-refractivity contribution is 0.00924. The second-order valence-corrected chi connectivity index (χ2v) is 5.38. The summed E-state index contributed by atoms with van der Waals surface area (Å²) < 4.78 is 10.5. The van der Waals surface area contributed by atoms with Crippen molar-refractivity contribution in [3.8, 4) is 0 Å². The first-order chi connectivity index (χ1) is 9.63. The van der Waals surface area contributed by atoms with E-state index >= 15 is 0 Å². The molecule has 1 fully saturated rings. The number of rotatable bonds is 4. The summed E-state index contributed by atoms with van der Waals surface area (Å²) in [5.74, 6) is -0.380. The molecular weight excluding hydrogens is 278 g/mol. The van der Waals surface area contributed by atoms with Gasteiger partial charge in [-0.05, 0) is 37.5 Å². The topological polar surface area (TPSA) is 47.6 Å². The van der Waals surface area contributed by atoms with Crippen molar-refractivity contribution in [1.29, 1.82) is 0 Å². The molecule has 0 saturated carbocycles. The van der Waals surface area contributed by atoms with Gasteiger partial charge in [-0.25, -0.2) is 4.79 Å². The number of nitrogens with one attached hydrogen (secondary N) is 1. The van der Waals surface area contributed by atoms with Crippen molar-refractivity contribution in [2.24, 2.45) is 0 Å². The van der Waals surface area contributed by atoms with Crippen LogP contribution in [-0.4, -0.2) is 31.8 Å². The van der Waals surface area contributed by atoms with Crippen molar-refractivity contribution in [3.63, 3.8) is 0 Å². The van der Waals surface area contributed by atoms with Crippen LogP contribution in [0.25, 0.3) is 0 Å². The second-order valence-electron chi connectivity index (χ2n) is 4.95. The summed E-state index contributed by atoms with van der Waals surface area (Å²) in [6, 6.07) is 5.53. The third-order valence-electron chi connectivity index (χ3n) is 3.57. The zero-order valence-corrected chi connectivity index (χ0v) is 12.6. The van der Waals surface area contributed by atoms with E-state index in [1.807, 2.05) is 6.07 Å². The number of halogens is 1. The fraction of sp³-hybridized carbons (Fsp3) is 0.533. The third-order valence-corrected chi connectivity index (χ3v) is 3.80. The number of methoxy groups -OCH3 is 1. The zero-order chi connectivity index (χ0) is 14.5. The van der Waals surface area contributed by atoms with Gasteiger partial charge in [0.15, 0.2) is 0 Å². The van der Waals surface area contributed by atoms with Crippen molar-refractivity contribution in [1.82, 2.24) is 0 Å². The SMILES string of the molecule is CCC1CC(Nc2ccc(Cl)cc2C(=O)OC)CCO1. The average Bonchev–Trinajstić information content (AvgIpc) is 2.48. The number of esters is 1. The number of benzene rings is 1. The Kier molecular flexibility index (Phi) is 5.26. The average molecular weight is 298 g/mol. The van der Waals surface area contributed by atoms with Gasteiger partial charge < -0.3 is 14.8 Å². The van der Waals surface area contributed by atoms with Gasteiger partial charge in [-0.2, -0.15) is 0 Å². The van der Waals surface area contributed by atoms with Crippen molar-refractivity contribution in [2.75, 3.05) is 19.0 Å². The predicted molar refractivity (Wildman–Crippen MR) is 79.5 cm³/mol. The maximum absolute atomic E-state index is 11.8. The normalized spacial score (nSPS) is 22.4. The van der Waals surface area contributed by atoms with Crippen LogP contribution in [0.5, 0.6) is 0 Å². The maximum atomic E-state index is 11.8. The summed E-state index contributed by atoms with van der Waals surface area (Å²) in [5.41, 5.74) is 1.24. The number of carbonyl (C=O) groups excluding carboxylic acids is 1. The smallest absolute Gasteiger partial charge is 0.340 e. The van der Waals surface area contributed by atoms with Crippen LogP contribution in [0.1, 0.15) is 36.5 Å². The third kappa shape index (κ3) is 3.64. The molecule has 1 N–H and O–H groups in total. The van der Waals surface area contributed by atoms with Gasteiger partial charge in [0.1, 0.15) is 0 Å². The molecule has 1 heterocycles. The molecule has 5 heteroatoms. The van der Waals surface area contributed by atoms with Gasteiger partial charge in [0.25, 0.3) is 0 Å². The van der Waals surface area contributed by atoms with E-state index in [1.54, 1.807) is 12.1 Å². The molecule has 1 aliphatic heterocycles. The molecule has 2 atom stereocenters. The Morgan fingerprint density at radius 1 is 1.55 bits per heavy atom. The van der Waals surface area contributed by atoms with Gasteiger partial charge in [-0.1, -0.05) is 18.5 Å². The lowest BCUT2D eigenvalue weighted by Crippen LogP contribution is -2.34. The van der Waals surface area contributed by atoms with E-state index in [0.29, 0.717) is 16.6 Å². The monoisotopic (exact) mass is 297 g/mol. The van der Waals surface area contributed by atoms with E-state index in [2.05, 4.69) is 12.2 Å². The molecule has 0 spiro atoms. The molecule has 20 heavy (non-hydrogen) atoms. The maximum Gasteiger partial charge on any atom is 0.340 e. The molecule has 0 bridgehead atoms. The van der Waals surface area contributed by atoms with Crippen LogP contribution < -0.4 is 5.32 Å². The van der Waals surface area contributed by atoms with Gasteiger partial charge in [-0.15, -0.1) is 0 Å². The molecular formula is C15H20ClNO3. The first-order valence-corrected chi connectivity index (χ1v) is 7.27. The minimum absolute atomic E-state index is 0.287. The highest BCUT2D eigenvalue weighted by atomic mass is 35.5. The molecule has 4 nitrogen and oxygen atoms in total. The number of anilines is 1. The highest BCUT2D eigenvalue weighted by molar-refractivity contribution is 6.31. The Bertz CT molecular complexity index is 478. The molecule has 0 aromatic heterocycles. The summed E-state index contributed by atoms with van der Waals surface area (Å²) in [6.45, 7) is 2.87. The van der Waals surface area contributed by atoms with Crippen LogP contribution in [0, 0.1) is 0 Å². The number of ether oxygens (including phenoxy) is 2. The van der Waals surface area contributed by atoms with Crippen LogP contribution in [0.4, 0.5) is 5.69 Å². The largest absolute Gasteiger partial charge is 0.465 e. The number of hydrogen-bond acceptors (Lipinski definition) is 4. The first kappa shape index (κ1) is 15.1. The fourth-order valence-corrected chi connectivity index (χ4v) is 2.61. The number of hydrogen-bond donors (Lipinski definition) is 1. The van der Waals surface area contributed by atoms with E-state index in [0.717, 1.165) is 31.6 Å². The Morgan fingerprint density at radius 3 is 3.05 bits per heavy atom. The Hall–Kier alpha value is -1.26. The van der Waals surface area contributed by atoms with E-state index in [9.17, 15) is 4.79 Å². The van der Waals surface area contributed by atoms with Gasteiger partial charge in [0.2, 0.25) is 0 Å². The van der Waals surface area contributed by atoms with E-state index < -0.39 is 0 Å². The molecule has 1 saturated heterocycles. The summed E-state index contributed by atoms with van der Waals surface area (Å²) >= 11 is 5.95. The second kappa shape index (κ2) is 6.95. The van der Waals surface area contributed by atoms with E-state index in [1.165, 1.54) is 7.11 Å². The zero-order valence-electron chi connectivity index (χ0n) is 11.8. The van der Waals surface area contributed by atoms with E-state index in [-0.39, 0.29) is 12.1 Å². The van der Waals surface area contributed by atoms with E-state index in [4.69, 9.17) is 21.1 Å². The van der Waals surface area contributed by atoms with Crippen LogP contribution in [-0.2, 0) is 9.47 Å². The highest BCUT2D eigenvalue weighted by Gasteiger charge is 2.23. The van der Waals surface area contributed by atoms with Crippen LogP contribution in [0.15, 0.2) is 18.2 Å². The van der Waals surface area contributed by atoms with Crippen molar-refractivity contribution >= 4 is 23.3 Å². The minimum Gasteiger partial charge on any atom is -0.465 e. The Balaban J connectivity index is 2.14.